The molecule has 3 heterocycles. The molecule has 1 aliphatic heterocycles. The molecule has 2 aromatic heterocycles. The van der Waals surface area contributed by atoms with Crippen LogP contribution < -0.4 is 27.1 Å². The van der Waals surface area contributed by atoms with E-state index in [4.69, 9.17) is 10.6 Å². The topological polar surface area (TPSA) is 296 Å². The van der Waals surface area contributed by atoms with Gasteiger partial charge in [0.15, 0.2) is 16.6 Å². The number of carboxylic acids is 1. The third-order valence-corrected chi connectivity index (χ3v) is 6.80. The van der Waals surface area contributed by atoms with Crippen molar-refractivity contribution in [2.45, 2.75) is 31.5 Å². The smallest absolute Gasteiger partial charge is 0.362 e. The number of thiazole rings is 1. The van der Waals surface area contributed by atoms with Gasteiger partial charge in [0.25, 0.3) is 11.8 Å². The Balaban J connectivity index is 1.79. The Bertz CT molecular complexity index is 1550. The summed E-state index contributed by atoms with van der Waals surface area (Å²) >= 11 is 0.903. The molecule has 0 spiro atoms. The summed E-state index contributed by atoms with van der Waals surface area (Å²) in [6.07, 6.45) is 0.907. The number of oxime groups is 1. The Kier molecular flexibility index (Phi) is 8.31. The molecule has 0 aliphatic carbocycles. The van der Waals surface area contributed by atoms with Crippen molar-refractivity contribution in [3.63, 3.8) is 0 Å². The van der Waals surface area contributed by atoms with Crippen LogP contribution in [0.5, 0.6) is 5.75 Å². The van der Waals surface area contributed by atoms with E-state index in [0.29, 0.717) is 0 Å². The maximum atomic E-state index is 13.0. The maximum Gasteiger partial charge on any atom is 0.362 e. The van der Waals surface area contributed by atoms with Crippen molar-refractivity contribution in [2.24, 2.45) is 5.16 Å². The number of nitrogens with zero attached hydrogens (tertiary/aromatic N) is 3. The minimum atomic E-state index is -5.12. The van der Waals surface area contributed by atoms with E-state index < -0.39 is 75.2 Å². The highest BCUT2D eigenvalue weighted by atomic mass is 32.2. The Labute approximate surface area is 227 Å². The second-order valence-corrected chi connectivity index (χ2v) is 10.7. The van der Waals surface area contributed by atoms with Crippen molar-refractivity contribution in [3.8, 4) is 5.75 Å². The molecule has 0 saturated carbocycles. The number of nitrogen functional groups attached to an aromatic ring is 1. The number of nitrogens with one attached hydrogen (secondary N) is 4. The number of carbonyl (C=O) groups excluding carboxylic acids is 3. The number of amides is 4. The monoisotopic (exact) mass is 602 g/mol. The lowest BCUT2D eigenvalue weighted by atomic mass is 9.98. The third kappa shape index (κ3) is 6.62. The van der Waals surface area contributed by atoms with Gasteiger partial charge < -0.3 is 36.4 Å². The van der Waals surface area contributed by atoms with Gasteiger partial charge in [0.1, 0.15) is 17.6 Å². The molecule has 21 heteroatoms. The van der Waals surface area contributed by atoms with Gasteiger partial charge in [-0.25, -0.2) is 18.9 Å². The third-order valence-electron chi connectivity index (χ3n) is 5.18. The van der Waals surface area contributed by atoms with Crippen LogP contribution in [0, 0.1) is 0 Å². The molecule has 216 valence electrons. The summed E-state index contributed by atoms with van der Waals surface area (Å²) in [6.45, 7) is 1.65. The van der Waals surface area contributed by atoms with Crippen molar-refractivity contribution in [1.29, 1.82) is 0 Å². The van der Waals surface area contributed by atoms with Crippen LogP contribution in [0.15, 0.2) is 27.6 Å². The van der Waals surface area contributed by atoms with Gasteiger partial charge in [0.05, 0.1) is 6.04 Å². The van der Waals surface area contributed by atoms with Crippen molar-refractivity contribution < 1.29 is 47.2 Å². The fraction of sp³-hybridized carbons (Fsp3) is 0.316. The number of carboxylic acid groups (broad SMARTS) is 1. The zero-order chi connectivity index (χ0) is 30.0. The summed E-state index contributed by atoms with van der Waals surface area (Å²) < 4.78 is 32.9. The molecule has 40 heavy (non-hydrogen) atoms. The molecule has 3 rings (SSSR count). The number of aromatic nitrogens is 2. The zero-order valence-corrected chi connectivity index (χ0v) is 22.1. The number of aromatic amines is 1. The first-order chi connectivity index (χ1) is 18.5. The number of hydrogen-bond donors (Lipinski definition) is 8. The van der Waals surface area contributed by atoms with Crippen LogP contribution >= 0.6 is 11.3 Å². The zero-order valence-electron chi connectivity index (χ0n) is 20.4. The number of H-pyrrole nitrogens is 1. The Morgan fingerprint density at radius 1 is 1.32 bits per heavy atom. The van der Waals surface area contributed by atoms with Gasteiger partial charge in [-0.15, -0.1) is 11.3 Å². The molecular formula is C19H22N8O11S2. The van der Waals surface area contributed by atoms with E-state index in [2.05, 4.69) is 31.1 Å². The van der Waals surface area contributed by atoms with Gasteiger partial charge in [0, 0.05) is 24.2 Å². The van der Waals surface area contributed by atoms with E-state index in [1.54, 1.807) is 0 Å². The standard InChI is InChI=1S/C19H22N8O11S2/c1-19(2,16(32)33)38-26-12(7-6-39-17(20)23-7)14(30)25-13-8(27(15(13)31)40(35,36)37)4-22-18(34)24-11-3-9(28)10(29)5-21-11/h3,5-6,8,13,29H,4H2,1-2H3,(H2,20,23)(H,25,30)(H,32,33)(H,35,36,37)(H3,21,22,24,28,34)/b26-12-/t8-,13+/m1/s1. The van der Waals surface area contributed by atoms with Crippen molar-refractivity contribution in [3.05, 3.63) is 33.6 Å². The van der Waals surface area contributed by atoms with E-state index in [1.165, 1.54) is 5.38 Å². The van der Waals surface area contributed by atoms with Crippen molar-refractivity contribution in [2.75, 3.05) is 17.6 Å². The molecule has 2 atom stereocenters. The van der Waals surface area contributed by atoms with E-state index in [0.717, 1.165) is 37.4 Å². The van der Waals surface area contributed by atoms with Crippen molar-refractivity contribution in [1.82, 2.24) is 24.9 Å². The lowest BCUT2D eigenvalue weighted by Gasteiger charge is -2.44. The number of rotatable bonds is 10. The van der Waals surface area contributed by atoms with Crippen LogP contribution in [0.4, 0.5) is 15.7 Å². The fourth-order valence-electron chi connectivity index (χ4n) is 3.07. The minimum absolute atomic E-state index is 0.00771. The lowest BCUT2D eigenvalue weighted by Crippen LogP contribution is -2.74. The first-order valence-electron chi connectivity index (χ1n) is 10.8. The number of anilines is 2. The molecule has 0 aromatic carbocycles. The summed E-state index contributed by atoms with van der Waals surface area (Å²) in [7, 11) is -5.12. The number of pyridine rings is 1. The van der Waals surface area contributed by atoms with E-state index >= 15 is 0 Å². The van der Waals surface area contributed by atoms with Crippen LogP contribution in [0.3, 0.4) is 0 Å². The Hall–Kier alpha value is -4.76. The molecule has 2 aromatic rings. The van der Waals surface area contributed by atoms with Crippen LogP contribution in [0.1, 0.15) is 19.5 Å². The van der Waals surface area contributed by atoms with Crippen LogP contribution in [-0.2, 0) is 29.5 Å². The van der Waals surface area contributed by atoms with Gasteiger partial charge >= 0.3 is 22.3 Å². The molecule has 1 saturated heterocycles. The van der Waals surface area contributed by atoms with Gasteiger partial charge in [-0.1, -0.05) is 5.16 Å². The first-order valence-corrected chi connectivity index (χ1v) is 13.1. The number of nitrogens with two attached hydrogens (primary N) is 1. The summed E-state index contributed by atoms with van der Waals surface area (Å²) in [5.41, 5.74) is 2.12. The summed E-state index contributed by atoms with van der Waals surface area (Å²) in [5, 5.41) is 29.9. The molecule has 1 aliphatic rings. The number of aliphatic carboxylic acids is 1. The fourth-order valence-corrected chi connectivity index (χ4v) is 4.50. The number of β-lactam (4-membered cyclic amide) rings is 1. The highest BCUT2D eigenvalue weighted by molar-refractivity contribution is 7.84. The van der Waals surface area contributed by atoms with Crippen LogP contribution in [-0.4, -0.2) is 91.2 Å². The molecule has 19 nitrogen and oxygen atoms in total. The Morgan fingerprint density at radius 3 is 2.55 bits per heavy atom. The van der Waals surface area contributed by atoms with E-state index in [-0.39, 0.29) is 20.9 Å². The summed E-state index contributed by atoms with van der Waals surface area (Å²) in [6, 6.07) is -3.30. The number of carbonyl (C=O) groups is 4. The molecule has 0 unspecified atom stereocenters. The van der Waals surface area contributed by atoms with Gasteiger partial charge in [-0.3, -0.25) is 24.3 Å². The molecule has 9 N–H and O–H groups in total. The first kappa shape index (κ1) is 29.8. The number of hydrogen-bond acceptors (Lipinski definition) is 13. The second-order valence-electron chi connectivity index (χ2n) is 8.48. The lowest BCUT2D eigenvalue weighted by molar-refractivity contribution is -0.161. The van der Waals surface area contributed by atoms with Gasteiger partial charge in [-0.05, 0) is 13.8 Å². The summed E-state index contributed by atoms with van der Waals surface area (Å²) in [5.74, 6) is -4.60. The predicted octanol–water partition coefficient (Wildman–Crippen LogP) is -1.98. The molecule has 0 radical (unpaired) electrons. The SMILES string of the molecule is CC(C)(O/N=C(\C(=O)N[C@@H]1C(=O)N(S(=O)(=O)O)[C@@H]1CNC(=O)Nc1cc(=O)c(O)c[nH]1)c1csc(N)n1)C(=O)O. The Morgan fingerprint density at radius 2 is 2.00 bits per heavy atom. The van der Waals surface area contributed by atoms with Crippen LogP contribution in [0.25, 0.3) is 0 Å². The average Bonchev–Trinajstić information content (AvgIpc) is 3.27. The maximum absolute atomic E-state index is 13.0. The summed E-state index contributed by atoms with van der Waals surface area (Å²) in [4.78, 5) is 71.9. The van der Waals surface area contributed by atoms with E-state index in [9.17, 15) is 47.2 Å². The van der Waals surface area contributed by atoms with E-state index in [1.807, 2.05) is 0 Å². The molecular weight excluding hydrogens is 580 g/mol. The highest BCUT2D eigenvalue weighted by Crippen LogP contribution is 2.24. The number of aromatic hydroxyl groups is 1. The van der Waals surface area contributed by atoms with Gasteiger partial charge in [-0.2, -0.15) is 8.42 Å². The predicted molar refractivity (Wildman–Crippen MR) is 136 cm³/mol. The molecule has 0 bridgehead atoms. The van der Waals surface area contributed by atoms with Gasteiger partial charge in [0.2, 0.25) is 11.0 Å². The highest BCUT2D eigenvalue weighted by Gasteiger charge is 2.54. The normalized spacial score (nSPS) is 17.5. The largest absolute Gasteiger partial charge is 0.503 e. The molecule has 4 amide bonds. The average molecular weight is 603 g/mol. The molecule has 1 fully saturated rings. The number of urea groups is 1. The quantitative estimate of drug-likeness (QED) is 0.0634. The van der Waals surface area contributed by atoms with Crippen molar-refractivity contribution >= 4 is 62.1 Å². The second kappa shape index (κ2) is 11.2. The minimum Gasteiger partial charge on any atom is -0.503 e. The van der Waals surface area contributed by atoms with Crippen LogP contribution in [0.2, 0.25) is 0 Å².